The molecule has 4 heteroatoms. The highest BCUT2D eigenvalue weighted by Gasteiger charge is 2.35. The second-order valence-corrected chi connectivity index (χ2v) is 4.69. The van der Waals surface area contributed by atoms with Gasteiger partial charge in [0.1, 0.15) is 0 Å². The van der Waals surface area contributed by atoms with Crippen LogP contribution in [-0.2, 0) is 13.1 Å². The molecule has 4 nitrogen and oxygen atoms in total. The zero-order chi connectivity index (χ0) is 11.4. The van der Waals surface area contributed by atoms with Crippen molar-refractivity contribution in [3.05, 3.63) is 18.0 Å². The molecule has 1 aromatic rings. The van der Waals surface area contributed by atoms with Gasteiger partial charge in [0.15, 0.2) is 0 Å². The normalized spacial score (nSPS) is 18.4. The summed E-state index contributed by atoms with van der Waals surface area (Å²) in [7, 11) is 0. The fraction of sp³-hybridized carbons (Fsp3) is 0.750. The molecule has 2 rings (SSSR count). The van der Waals surface area contributed by atoms with Gasteiger partial charge in [-0.15, -0.1) is 0 Å². The van der Waals surface area contributed by atoms with E-state index in [1.165, 1.54) is 12.1 Å². The second kappa shape index (κ2) is 4.97. The molecule has 1 saturated carbocycles. The van der Waals surface area contributed by atoms with E-state index in [0.717, 1.165) is 32.4 Å². The van der Waals surface area contributed by atoms with Crippen LogP contribution in [0.15, 0.2) is 12.3 Å². The summed E-state index contributed by atoms with van der Waals surface area (Å²) in [5, 5.41) is 17.1. The monoisotopic (exact) mass is 223 g/mol. The highest BCUT2D eigenvalue weighted by molar-refractivity contribution is 5.03. The van der Waals surface area contributed by atoms with E-state index in [-0.39, 0.29) is 12.1 Å². The minimum Gasteiger partial charge on any atom is -0.394 e. The Labute approximate surface area is 96.7 Å². The van der Waals surface area contributed by atoms with Crippen molar-refractivity contribution in [3.8, 4) is 0 Å². The van der Waals surface area contributed by atoms with Crippen molar-refractivity contribution in [1.82, 2.24) is 15.1 Å². The van der Waals surface area contributed by atoms with E-state index in [1.807, 2.05) is 16.9 Å². The molecule has 0 atom stereocenters. The Bertz CT molecular complexity index is 325. The Morgan fingerprint density at radius 3 is 2.94 bits per heavy atom. The number of aromatic nitrogens is 2. The zero-order valence-electron chi connectivity index (χ0n) is 9.95. The van der Waals surface area contributed by atoms with E-state index in [9.17, 15) is 5.11 Å². The molecule has 0 spiro atoms. The van der Waals surface area contributed by atoms with Crippen LogP contribution < -0.4 is 5.32 Å². The zero-order valence-corrected chi connectivity index (χ0v) is 9.95. The largest absolute Gasteiger partial charge is 0.394 e. The number of rotatable bonds is 6. The fourth-order valence-corrected chi connectivity index (χ4v) is 2.20. The van der Waals surface area contributed by atoms with Crippen molar-refractivity contribution in [2.75, 3.05) is 6.61 Å². The molecule has 0 aliphatic heterocycles. The lowest BCUT2D eigenvalue weighted by molar-refractivity contribution is 0.0864. The Hall–Kier alpha value is -0.870. The lowest BCUT2D eigenvalue weighted by Gasteiger charge is -2.41. The molecule has 16 heavy (non-hydrogen) atoms. The molecule has 0 amide bonds. The van der Waals surface area contributed by atoms with Crippen LogP contribution >= 0.6 is 0 Å². The maximum Gasteiger partial charge on any atom is 0.0613 e. The summed E-state index contributed by atoms with van der Waals surface area (Å²) in [5.41, 5.74) is 1.20. The Balaban J connectivity index is 1.91. The third-order valence-corrected chi connectivity index (χ3v) is 3.50. The SMILES string of the molecule is CCCn1nccc1CNC1(CO)CCC1. The van der Waals surface area contributed by atoms with Gasteiger partial charge in [-0.2, -0.15) is 5.10 Å². The Morgan fingerprint density at radius 2 is 2.38 bits per heavy atom. The molecule has 0 bridgehead atoms. The molecular formula is C12H21N3O. The second-order valence-electron chi connectivity index (χ2n) is 4.69. The highest BCUT2D eigenvalue weighted by Crippen LogP contribution is 2.31. The molecule has 2 N–H and O–H groups in total. The molecule has 1 heterocycles. The van der Waals surface area contributed by atoms with Crippen molar-refractivity contribution in [1.29, 1.82) is 0 Å². The molecule has 0 unspecified atom stereocenters. The molecule has 0 saturated heterocycles. The van der Waals surface area contributed by atoms with E-state index in [2.05, 4.69) is 17.3 Å². The highest BCUT2D eigenvalue weighted by atomic mass is 16.3. The number of nitrogens with zero attached hydrogens (tertiary/aromatic N) is 2. The maximum atomic E-state index is 9.35. The predicted molar refractivity (Wildman–Crippen MR) is 63.0 cm³/mol. The molecular weight excluding hydrogens is 202 g/mol. The van der Waals surface area contributed by atoms with E-state index in [1.54, 1.807) is 0 Å². The summed E-state index contributed by atoms with van der Waals surface area (Å²) >= 11 is 0. The van der Waals surface area contributed by atoms with Crippen LogP contribution in [0.2, 0.25) is 0 Å². The van der Waals surface area contributed by atoms with Crippen LogP contribution in [0.25, 0.3) is 0 Å². The average Bonchev–Trinajstić information content (AvgIpc) is 2.66. The molecule has 1 aromatic heterocycles. The van der Waals surface area contributed by atoms with Gasteiger partial charge in [-0.3, -0.25) is 4.68 Å². The molecule has 1 fully saturated rings. The predicted octanol–water partition coefficient (Wildman–Crippen LogP) is 1.30. The number of hydrogen-bond acceptors (Lipinski definition) is 3. The smallest absolute Gasteiger partial charge is 0.0613 e. The third kappa shape index (κ3) is 2.28. The average molecular weight is 223 g/mol. The van der Waals surface area contributed by atoms with Crippen LogP contribution in [-0.4, -0.2) is 27.0 Å². The van der Waals surface area contributed by atoms with E-state index >= 15 is 0 Å². The summed E-state index contributed by atoms with van der Waals surface area (Å²) in [4.78, 5) is 0. The van der Waals surface area contributed by atoms with Gasteiger partial charge < -0.3 is 10.4 Å². The van der Waals surface area contributed by atoms with Crippen molar-refractivity contribution >= 4 is 0 Å². The molecule has 1 aliphatic carbocycles. The summed E-state index contributed by atoms with van der Waals surface area (Å²) in [5.74, 6) is 0. The van der Waals surface area contributed by atoms with Gasteiger partial charge >= 0.3 is 0 Å². The first-order valence-electron chi connectivity index (χ1n) is 6.16. The topological polar surface area (TPSA) is 50.1 Å². The van der Waals surface area contributed by atoms with Crippen molar-refractivity contribution < 1.29 is 5.11 Å². The van der Waals surface area contributed by atoms with Crippen LogP contribution in [0.5, 0.6) is 0 Å². The summed E-state index contributed by atoms with van der Waals surface area (Å²) < 4.78 is 2.04. The standard InChI is InChI=1S/C12H21N3O/c1-2-8-15-11(4-7-14-15)9-13-12(10-16)5-3-6-12/h4,7,13,16H,2-3,5-6,8-10H2,1H3. The van der Waals surface area contributed by atoms with Gasteiger partial charge in [0.05, 0.1) is 12.3 Å². The Morgan fingerprint density at radius 1 is 1.56 bits per heavy atom. The van der Waals surface area contributed by atoms with Crippen LogP contribution in [0.1, 0.15) is 38.3 Å². The number of aliphatic hydroxyl groups excluding tert-OH is 1. The fourth-order valence-electron chi connectivity index (χ4n) is 2.20. The third-order valence-electron chi connectivity index (χ3n) is 3.50. The maximum absolute atomic E-state index is 9.35. The Kier molecular flexibility index (Phi) is 3.61. The van der Waals surface area contributed by atoms with Crippen molar-refractivity contribution in [2.24, 2.45) is 0 Å². The molecule has 90 valence electrons. The lowest BCUT2D eigenvalue weighted by Crippen LogP contribution is -2.53. The number of nitrogens with one attached hydrogen (secondary N) is 1. The summed E-state index contributed by atoms with van der Waals surface area (Å²) in [6.07, 6.45) is 6.34. The first kappa shape index (κ1) is 11.6. The molecule has 0 aromatic carbocycles. The van der Waals surface area contributed by atoms with Crippen LogP contribution in [0.3, 0.4) is 0 Å². The van der Waals surface area contributed by atoms with Crippen LogP contribution in [0, 0.1) is 0 Å². The van der Waals surface area contributed by atoms with Crippen molar-refractivity contribution in [3.63, 3.8) is 0 Å². The number of hydrogen-bond donors (Lipinski definition) is 2. The van der Waals surface area contributed by atoms with Gasteiger partial charge in [-0.1, -0.05) is 6.92 Å². The molecule has 0 radical (unpaired) electrons. The van der Waals surface area contributed by atoms with Gasteiger partial charge in [-0.25, -0.2) is 0 Å². The number of aliphatic hydroxyl groups is 1. The summed E-state index contributed by atoms with van der Waals surface area (Å²) in [6, 6.07) is 2.05. The number of aryl methyl sites for hydroxylation is 1. The van der Waals surface area contributed by atoms with E-state index in [4.69, 9.17) is 0 Å². The summed E-state index contributed by atoms with van der Waals surface area (Å²) in [6.45, 7) is 4.17. The van der Waals surface area contributed by atoms with E-state index < -0.39 is 0 Å². The van der Waals surface area contributed by atoms with Crippen LogP contribution in [0.4, 0.5) is 0 Å². The lowest BCUT2D eigenvalue weighted by atomic mass is 9.77. The van der Waals surface area contributed by atoms with Gasteiger partial charge in [0, 0.05) is 24.8 Å². The molecule has 1 aliphatic rings. The quantitative estimate of drug-likeness (QED) is 0.764. The van der Waals surface area contributed by atoms with E-state index in [0.29, 0.717) is 0 Å². The van der Waals surface area contributed by atoms with Gasteiger partial charge in [0.2, 0.25) is 0 Å². The van der Waals surface area contributed by atoms with Gasteiger partial charge in [0.25, 0.3) is 0 Å². The first-order valence-corrected chi connectivity index (χ1v) is 6.16. The minimum absolute atomic E-state index is 0.0126. The first-order chi connectivity index (χ1) is 7.79. The van der Waals surface area contributed by atoms with Gasteiger partial charge in [-0.05, 0) is 31.7 Å². The van der Waals surface area contributed by atoms with Crippen molar-refractivity contribution in [2.45, 2.75) is 51.2 Å². The minimum atomic E-state index is -0.0126.